The number of aliphatic hydroxyl groups is 1. The topological polar surface area (TPSA) is 67.1 Å². The van der Waals surface area contributed by atoms with Gasteiger partial charge in [-0.25, -0.2) is 14.6 Å². The first-order valence-electron chi connectivity index (χ1n) is 9.79. The molecule has 4 aromatic rings. The van der Waals surface area contributed by atoms with Gasteiger partial charge in [0.05, 0.1) is 16.8 Å². The average molecular weight is 440 g/mol. The first-order chi connectivity index (χ1) is 14.6. The third-order valence-corrected chi connectivity index (χ3v) is 5.91. The molecule has 1 N–H and O–H groups in total. The zero-order chi connectivity index (χ0) is 20.7. The molecular formula is C22H19Cl2N5O. The minimum Gasteiger partial charge on any atom is -0.391 e. The summed E-state index contributed by atoms with van der Waals surface area (Å²) in [6, 6.07) is 15.1. The van der Waals surface area contributed by atoms with Crippen molar-refractivity contribution in [3.63, 3.8) is 0 Å². The van der Waals surface area contributed by atoms with E-state index in [4.69, 9.17) is 28.3 Å². The van der Waals surface area contributed by atoms with Crippen LogP contribution < -0.4 is 4.90 Å². The summed E-state index contributed by atoms with van der Waals surface area (Å²) in [7, 11) is 0. The summed E-state index contributed by atoms with van der Waals surface area (Å²) in [6.45, 7) is 1.35. The fraction of sp³-hybridized carbons (Fsp3) is 0.227. The van der Waals surface area contributed by atoms with Gasteiger partial charge < -0.3 is 10.0 Å². The Morgan fingerprint density at radius 3 is 2.53 bits per heavy atom. The van der Waals surface area contributed by atoms with E-state index in [2.05, 4.69) is 14.9 Å². The number of fused-ring (bicyclic) bond motifs is 1. The molecule has 6 nitrogen and oxygen atoms in total. The van der Waals surface area contributed by atoms with Crippen LogP contribution in [0.1, 0.15) is 12.8 Å². The Bertz CT molecular complexity index is 1210. The number of nitrogens with zero attached hydrogens (tertiary/aromatic N) is 5. The Hall–Kier alpha value is -2.67. The zero-order valence-corrected chi connectivity index (χ0v) is 17.6. The van der Waals surface area contributed by atoms with Crippen molar-refractivity contribution < 1.29 is 5.11 Å². The average Bonchev–Trinajstić information content (AvgIpc) is 3.14. The molecule has 0 radical (unpaired) electrons. The third kappa shape index (κ3) is 3.41. The second kappa shape index (κ2) is 7.87. The van der Waals surface area contributed by atoms with Gasteiger partial charge in [0.15, 0.2) is 11.3 Å². The summed E-state index contributed by atoms with van der Waals surface area (Å²) < 4.78 is 1.81. The monoisotopic (exact) mass is 439 g/mol. The molecule has 0 aliphatic carbocycles. The highest BCUT2D eigenvalue weighted by molar-refractivity contribution is 6.32. The highest BCUT2D eigenvalue weighted by Gasteiger charge is 2.25. The predicted molar refractivity (Wildman–Crippen MR) is 120 cm³/mol. The van der Waals surface area contributed by atoms with Crippen LogP contribution >= 0.6 is 23.2 Å². The number of piperidine rings is 1. The molecule has 152 valence electrons. The van der Waals surface area contributed by atoms with Crippen LogP contribution in [0.15, 0.2) is 54.9 Å². The van der Waals surface area contributed by atoms with Gasteiger partial charge in [-0.05, 0) is 37.1 Å². The van der Waals surface area contributed by atoms with Crippen LogP contribution in [0.4, 0.5) is 5.82 Å². The molecule has 0 saturated carbocycles. The van der Waals surface area contributed by atoms with Crippen molar-refractivity contribution in [3.8, 4) is 16.9 Å². The molecular weight excluding hydrogens is 421 g/mol. The molecule has 1 aliphatic rings. The molecule has 2 aromatic heterocycles. The van der Waals surface area contributed by atoms with Gasteiger partial charge in [0.2, 0.25) is 0 Å². The van der Waals surface area contributed by atoms with Gasteiger partial charge in [-0.3, -0.25) is 0 Å². The Labute approximate surface area is 183 Å². The molecule has 0 spiro atoms. The van der Waals surface area contributed by atoms with Crippen molar-refractivity contribution in [2.45, 2.75) is 18.9 Å². The van der Waals surface area contributed by atoms with E-state index >= 15 is 0 Å². The quantitative estimate of drug-likeness (QED) is 0.498. The van der Waals surface area contributed by atoms with Crippen LogP contribution in [0.3, 0.4) is 0 Å². The number of hydrogen-bond acceptors (Lipinski definition) is 5. The largest absolute Gasteiger partial charge is 0.391 e. The van der Waals surface area contributed by atoms with Gasteiger partial charge in [-0.1, -0.05) is 47.5 Å². The second-order valence-electron chi connectivity index (χ2n) is 7.36. The van der Waals surface area contributed by atoms with E-state index in [1.54, 1.807) is 6.33 Å². The van der Waals surface area contributed by atoms with E-state index in [0.29, 0.717) is 22.1 Å². The van der Waals surface area contributed by atoms with Gasteiger partial charge in [0.1, 0.15) is 17.5 Å². The Morgan fingerprint density at radius 1 is 0.967 bits per heavy atom. The van der Waals surface area contributed by atoms with Crippen LogP contribution in [0.5, 0.6) is 0 Å². The van der Waals surface area contributed by atoms with Crippen molar-refractivity contribution >= 4 is 40.1 Å². The number of hydrogen-bond donors (Lipinski definition) is 1. The van der Waals surface area contributed by atoms with Crippen LogP contribution in [0.25, 0.3) is 28.0 Å². The number of aromatic nitrogens is 4. The maximum atomic E-state index is 10.2. The van der Waals surface area contributed by atoms with E-state index in [0.717, 1.165) is 47.7 Å². The van der Waals surface area contributed by atoms with Crippen LogP contribution in [-0.4, -0.2) is 44.0 Å². The lowest BCUT2D eigenvalue weighted by Crippen LogP contribution is -2.38. The van der Waals surface area contributed by atoms with Crippen molar-refractivity contribution in [2.24, 2.45) is 0 Å². The molecule has 3 heterocycles. The number of para-hydroxylation sites is 1. The van der Waals surface area contributed by atoms with Crippen LogP contribution in [0, 0.1) is 0 Å². The van der Waals surface area contributed by atoms with Crippen molar-refractivity contribution in [1.82, 2.24) is 19.7 Å². The van der Waals surface area contributed by atoms with Crippen molar-refractivity contribution in [2.75, 3.05) is 18.0 Å². The van der Waals surface area contributed by atoms with Crippen LogP contribution in [0.2, 0.25) is 10.0 Å². The summed E-state index contributed by atoms with van der Waals surface area (Å²) >= 11 is 12.6. The SMILES string of the molecule is OC1CCCN(c2ncnc3c(-c4ccc(Cl)cc4)n(-c4ccccc4Cl)nc23)C1. The number of β-amino-alcohol motifs (C(OH)–C–C–N with tert-alkyl or cyclic N) is 1. The highest BCUT2D eigenvalue weighted by Crippen LogP contribution is 2.36. The number of anilines is 1. The summed E-state index contributed by atoms with van der Waals surface area (Å²) in [5, 5.41) is 16.3. The molecule has 2 aromatic carbocycles. The standard InChI is InChI=1S/C22H19Cl2N5O/c23-15-9-7-14(8-10-15)21-19-20(27-29(21)18-6-2-1-5-17(18)24)22(26-13-25-19)28-11-3-4-16(30)12-28/h1-2,5-10,13,16,30H,3-4,11-12H2. The van der Waals surface area contributed by atoms with Gasteiger partial charge >= 0.3 is 0 Å². The molecule has 0 amide bonds. The number of benzene rings is 2. The smallest absolute Gasteiger partial charge is 0.160 e. The first-order valence-corrected chi connectivity index (χ1v) is 10.5. The van der Waals surface area contributed by atoms with E-state index in [-0.39, 0.29) is 6.10 Å². The fourth-order valence-electron chi connectivity index (χ4n) is 3.93. The molecule has 1 unspecified atom stereocenters. The van der Waals surface area contributed by atoms with Gasteiger partial charge in [0.25, 0.3) is 0 Å². The number of halogens is 2. The van der Waals surface area contributed by atoms with Gasteiger partial charge in [-0.2, -0.15) is 5.10 Å². The molecule has 1 atom stereocenters. The zero-order valence-electron chi connectivity index (χ0n) is 16.0. The lowest BCUT2D eigenvalue weighted by Gasteiger charge is -2.30. The lowest BCUT2D eigenvalue weighted by atomic mass is 10.1. The first kappa shape index (κ1) is 19.3. The minimum atomic E-state index is -0.370. The third-order valence-electron chi connectivity index (χ3n) is 5.33. The second-order valence-corrected chi connectivity index (χ2v) is 8.20. The summed E-state index contributed by atoms with van der Waals surface area (Å²) in [5.74, 6) is 0.722. The van der Waals surface area contributed by atoms with Crippen LogP contribution in [-0.2, 0) is 0 Å². The van der Waals surface area contributed by atoms with E-state index in [9.17, 15) is 5.11 Å². The molecule has 1 aliphatic heterocycles. The maximum absolute atomic E-state index is 10.2. The Morgan fingerprint density at radius 2 is 1.77 bits per heavy atom. The Kier molecular flexibility index (Phi) is 5.06. The molecule has 30 heavy (non-hydrogen) atoms. The molecule has 1 saturated heterocycles. The predicted octanol–water partition coefficient (Wildman–Crippen LogP) is 4.75. The van der Waals surface area contributed by atoms with Gasteiger partial charge in [-0.15, -0.1) is 0 Å². The Balaban J connectivity index is 1.77. The fourth-order valence-corrected chi connectivity index (χ4v) is 4.27. The molecule has 8 heteroatoms. The summed E-state index contributed by atoms with van der Waals surface area (Å²) in [6.07, 6.45) is 2.89. The molecule has 5 rings (SSSR count). The molecule has 1 fully saturated rings. The summed E-state index contributed by atoms with van der Waals surface area (Å²) in [4.78, 5) is 11.2. The van der Waals surface area contributed by atoms with E-state index in [1.165, 1.54) is 0 Å². The molecule has 0 bridgehead atoms. The van der Waals surface area contributed by atoms with E-state index < -0.39 is 0 Å². The van der Waals surface area contributed by atoms with Crippen molar-refractivity contribution in [1.29, 1.82) is 0 Å². The normalized spacial score (nSPS) is 16.9. The lowest BCUT2D eigenvalue weighted by molar-refractivity contribution is 0.154. The van der Waals surface area contributed by atoms with Gasteiger partial charge in [0, 0.05) is 23.7 Å². The van der Waals surface area contributed by atoms with Crippen molar-refractivity contribution in [3.05, 3.63) is 64.9 Å². The number of aliphatic hydroxyl groups excluding tert-OH is 1. The summed E-state index contributed by atoms with van der Waals surface area (Å²) in [5.41, 5.74) is 3.90. The van der Waals surface area contributed by atoms with E-state index in [1.807, 2.05) is 53.2 Å². The minimum absolute atomic E-state index is 0.370. The number of rotatable bonds is 3. The maximum Gasteiger partial charge on any atom is 0.160 e. The highest BCUT2D eigenvalue weighted by atomic mass is 35.5.